The summed E-state index contributed by atoms with van der Waals surface area (Å²) in [5, 5.41) is 6.63. The van der Waals surface area contributed by atoms with Gasteiger partial charge in [0.2, 0.25) is 0 Å². The van der Waals surface area contributed by atoms with Gasteiger partial charge in [0.25, 0.3) is 0 Å². The standard InChI is InChI=1S/C14H22N4OS.HI/c1-11-8-20-12(17-11)7-16-13(15-2)18-5-3-14(9-18)4-6-19-10-14;/h8H,3-7,9-10H2,1-2H3,(H,15,16);1H. The largest absolute Gasteiger partial charge is 0.381 e. The van der Waals surface area contributed by atoms with Crippen LogP contribution in [0.15, 0.2) is 10.4 Å². The number of ether oxygens (including phenoxy) is 1. The second-order valence-corrected chi connectivity index (χ2v) is 6.70. The van der Waals surface area contributed by atoms with Gasteiger partial charge < -0.3 is 15.0 Å². The van der Waals surface area contributed by atoms with Crippen LogP contribution < -0.4 is 5.32 Å². The molecule has 7 heteroatoms. The maximum absolute atomic E-state index is 5.58. The van der Waals surface area contributed by atoms with E-state index < -0.39 is 0 Å². The van der Waals surface area contributed by atoms with Gasteiger partial charge in [-0.25, -0.2) is 4.98 Å². The SMILES string of the molecule is CN=C(NCc1nc(C)cs1)N1CCC2(CCOC2)C1.I. The number of likely N-dealkylation sites (tertiary alicyclic amines) is 1. The molecule has 2 fully saturated rings. The zero-order chi connectivity index (χ0) is 14.0. The summed E-state index contributed by atoms with van der Waals surface area (Å²) < 4.78 is 5.58. The molecule has 0 bridgehead atoms. The quantitative estimate of drug-likeness (QED) is 0.452. The fraction of sp³-hybridized carbons (Fsp3) is 0.714. The number of thiazole rings is 1. The number of hydrogen-bond acceptors (Lipinski definition) is 4. The first kappa shape index (κ1) is 17.0. The van der Waals surface area contributed by atoms with E-state index in [4.69, 9.17) is 4.74 Å². The van der Waals surface area contributed by atoms with Gasteiger partial charge in [0.15, 0.2) is 5.96 Å². The van der Waals surface area contributed by atoms with Crippen molar-refractivity contribution in [3.05, 3.63) is 16.1 Å². The molecule has 1 unspecified atom stereocenters. The second kappa shape index (κ2) is 7.23. The molecule has 0 aliphatic carbocycles. The molecule has 21 heavy (non-hydrogen) atoms. The molecule has 1 aromatic rings. The normalized spacial score (nSPS) is 25.4. The summed E-state index contributed by atoms with van der Waals surface area (Å²) in [6, 6.07) is 0. The summed E-state index contributed by atoms with van der Waals surface area (Å²) in [5.74, 6) is 0.988. The molecule has 0 aromatic carbocycles. The van der Waals surface area contributed by atoms with Crippen molar-refractivity contribution >= 4 is 41.3 Å². The predicted octanol–water partition coefficient (Wildman–Crippen LogP) is 2.26. The van der Waals surface area contributed by atoms with Crippen LogP contribution in [0.2, 0.25) is 0 Å². The molecule has 2 saturated heterocycles. The highest BCUT2D eigenvalue weighted by Gasteiger charge is 2.42. The van der Waals surface area contributed by atoms with Crippen molar-refractivity contribution in [3.8, 4) is 0 Å². The van der Waals surface area contributed by atoms with Crippen LogP contribution in [-0.4, -0.2) is 49.2 Å². The predicted molar refractivity (Wildman–Crippen MR) is 96.5 cm³/mol. The molecule has 3 rings (SSSR count). The third kappa shape index (κ3) is 3.87. The van der Waals surface area contributed by atoms with Gasteiger partial charge in [-0.1, -0.05) is 0 Å². The highest BCUT2D eigenvalue weighted by Crippen LogP contribution is 2.38. The van der Waals surface area contributed by atoms with Crippen LogP contribution in [0, 0.1) is 12.3 Å². The summed E-state index contributed by atoms with van der Waals surface area (Å²) in [6.07, 6.45) is 2.40. The minimum Gasteiger partial charge on any atom is -0.381 e. The van der Waals surface area contributed by atoms with E-state index in [0.717, 1.165) is 49.5 Å². The maximum Gasteiger partial charge on any atom is 0.194 e. The lowest BCUT2D eigenvalue weighted by Gasteiger charge is -2.24. The van der Waals surface area contributed by atoms with E-state index in [2.05, 4.69) is 25.6 Å². The van der Waals surface area contributed by atoms with Crippen LogP contribution in [0.5, 0.6) is 0 Å². The van der Waals surface area contributed by atoms with Crippen LogP contribution >= 0.6 is 35.3 Å². The number of aromatic nitrogens is 1. The Morgan fingerprint density at radius 1 is 1.57 bits per heavy atom. The molecule has 2 aliphatic heterocycles. The minimum absolute atomic E-state index is 0. The zero-order valence-electron chi connectivity index (χ0n) is 12.6. The highest BCUT2D eigenvalue weighted by molar-refractivity contribution is 14.0. The number of aliphatic imine (C=N–C) groups is 1. The molecule has 1 N–H and O–H groups in total. The van der Waals surface area contributed by atoms with Crippen LogP contribution in [0.4, 0.5) is 0 Å². The maximum atomic E-state index is 5.58. The molecule has 1 atom stereocenters. The molecule has 1 aromatic heterocycles. The first-order valence-electron chi connectivity index (χ1n) is 7.15. The highest BCUT2D eigenvalue weighted by atomic mass is 127. The Bertz CT molecular complexity index is 499. The molecule has 0 amide bonds. The second-order valence-electron chi connectivity index (χ2n) is 5.76. The lowest BCUT2D eigenvalue weighted by Crippen LogP contribution is -2.41. The topological polar surface area (TPSA) is 49.8 Å². The van der Waals surface area contributed by atoms with E-state index in [0.29, 0.717) is 5.41 Å². The van der Waals surface area contributed by atoms with E-state index in [1.54, 1.807) is 11.3 Å². The van der Waals surface area contributed by atoms with Crippen molar-refractivity contribution < 1.29 is 4.74 Å². The van der Waals surface area contributed by atoms with Gasteiger partial charge in [-0.15, -0.1) is 35.3 Å². The molecule has 1 spiro atoms. The number of rotatable bonds is 2. The van der Waals surface area contributed by atoms with E-state index >= 15 is 0 Å². The minimum atomic E-state index is 0. The molecular weight excluding hydrogens is 399 g/mol. The van der Waals surface area contributed by atoms with Crippen LogP contribution in [0.1, 0.15) is 23.5 Å². The van der Waals surface area contributed by atoms with Gasteiger partial charge >= 0.3 is 0 Å². The molecule has 118 valence electrons. The summed E-state index contributed by atoms with van der Waals surface area (Å²) in [5.41, 5.74) is 1.46. The Morgan fingerprint density at radius 2 is 2.43 bits per heavy atom. The number of halogens is 1. The third-order valence-electron chi connectivity index (χ3n) is 4.20. The number of hydrogen-bond donors (Lipinski definition) is 1. The van der Waals surface area contributed by atoms with E-state index in [9.17, 15) is 0 Å². The Hall–Kier alpha value is -0.410. The van der Waals surface area contributed by atoms with Gasteiger partial charge in [-0.2, -0.15) is 0 Å². The van der Waals surface area contributed by atoms with Crippen LogP contribution in [0.25, 0.3) is 0 Å². The van der Waals surface area contributed by atoms with Gasteiger partial charge in [-0.3, -0.25) is 4.99 Å². The molecule has 5 nitrogen and oxygen atoms in total. The number of nitrogens with zero attached hydrogens (tertiary/aromatic N) is 3. The van der Waals surface area contributed by atoms with Crippen molar-refractivity contribution in [2.24, 2.45) is 10.4 Å². The molecule has 2 aliphatic rings. The molecule has 0 saturated carbocycles. The van der Waals surface area contributed by atoms with Crippen LogP contribution in [-0.2, 0) is 11.3 Å². The Kier molecular flexibility index (Phi) is 5.84. The summed E-state index contributed by atoms with van der Waals surface area (Å²) in [7, 11) is 1.85. The van der Waals surface area contributed by atoms with Gasteiger partial charge in [-0.05, 0) is 19.8 Å². The van der Waals surface area contributed by atoms with E-state index in [1.807, 2.05) is 14.0 Å². The van der Waals surface area contributed by atoms with Gasteiger partial charge in [0, 0.05) is 43.2 Å². The summed E-state index contributed by atoms with van der Waals surface area (Å²) in [4.78, 5) is 11.2. The summed E-state index contributed by atoms with van der Waals surface area (Å²) >= 11 is 1.70. The number of aryl methyl sites for hydroxylation is 1. The Morgan fingerprint density at radius 3 is 3.05 bits per heavy atom. The zero-order valence-corrected chi connectivity index (χ0v) is 15.7. The lowest BCUT2D eigenvalue weighted by atomic mass is 9.87. The first-order chi connectivity index (χ1) is 9.71. The first-order valence-corrected chi connectivity index (χ1v) is 8.03. The lowest BCUT2D eigenvalue weighted by molar-refractivity contribution is 0.156. The van der Waals surface area contributed by atoms with Crippen LogP contribution in [0.3, 0.4) is 0 Å². The van der Waals surface area contributed by atoms with E-state index in [1.165, 1.54) is 12.8 Å². The number of nitrogens with one attached hydrogen (secondary N) is 1. The van der Waals surface area contributed by atoms with Crippen molar-refractivity contribution in [1.29, 1.82) is 0 Å². The third-order valence-corrected chi connectivity index (χ3v) is 5.17. The molecule has 3 heterocycles. The van der Waals surface area contributed by atoms with Crippen molar-refractivity contribution in [1.82, 2.24) is 15.2 Å². The fourth-order valence-corrected chi connectivity index (χ4v) is 3.77. The van der Waals surface area contributed by atoms with E-state index in [-0.39, 0.29) is 24.0 Å². The van der Waals surface area contributed by atoms with Crippen molar-refractivity contribution in [2.75, 3.05) is 33.4 Å². The van der Waals surface area contributed by atoms with Gasteiger partial charge in [0.05, 0.1) is 13.2 Å². The molecule has 0 radical (unpaired) electrons. The average Bonchev–Trinajstić information content (AvgIpc) is 3.15. The smallest absolute Gasteiger partial charge is 0.194 e. The fourth-order valence-electron chi connectivity index (χ4n) is 3.06. The van der Waals surface area contributed by atoms with Gasteiger partial charge in [0.1, 0.15) is 5.01 Å². The Balaban J connectivity index is 0.00000161. The average molecular weight is 422 g/mol. The monoisotopic (exact) mass is 422 g/mol. The Labute approximate surface area is 147 Å². The summed E-state index contributed by atoms with van der Waals surface area (Å²) in [6.45, 7) is 6.73. The van der Waals surface area contributed by atoms with Crippen molar-refractivity contribution in [3.63, 3.8) is 0 Å². The van der Waals surface area contributed by atoms with Crippen molar-refractivity contribution in [2.45, 2.75) is 26.3 Å². The molecular formula is C14H23IN4OS. The number of guanidine groups is 1.